The van der Waals surface area contributed by atoms with Gasteiger partial charge in [-0.25, -0.2) is 21.6 Å². The summed E-state index contributed by atoms with van der Waals surface area (Å²) in [5, 5.41) is 9.04. The minimum absolute atomic E-state index is 0.0119. The Labute approximate surface area is 166 Å². The third-order valence-corrected chi connectivity index (χ3v) is 8.95. The average molecular weight is 431 g/mol. The van der Waals surface area contributed by atoms with E-state index in [4.69, 9.17) is 5.11 Å². The van der Waals surface area contributed by atoms with Crippen LogP contribution < -0.4 is 4.72 Å². The van der Waals surface area contributed by atoms with Crippen LogP contribution in [0.15, 0.2) is 34.1 Å². The van der Waals surface area contributed by atoms with Gasteiger partial charge in [0.25, 0.3) is 0 Å². The first kappa shape index (κ1) is 21.2. The van der Waals surface area contributed by atoms with Gasteiger partial charge in [0.1, 0.15) is 0 Å². The van der Waals surface area contributed by atoms with Crippen molar-refractivity contribution in [2.24, 2.45) is 5.92 Å². The lowest BCUT2D eigenvalue weighted by atomic mass is 9.96. The lowest BCUT2D eigenvalue weighted by Gasteiger charge is -2.29. The van der Waals surface area contributed by atoms with Gasteiger partial charge in [-0.15, -0.1) is 0 Å². The molecule has 0 bridgehead atoms. The fraction of sp³-hybridized carbons (Fsp3) is 0.611. The maximum atomic E-state index is 12.8. The summed E-state index contributed by atoms with van der Waals surface area (Å²) in [6.07, 6.45) is 5.30. The lowest BCUT2D eigenvalue weighted by Crippen LogP contribution is -2.40. The summed E-state index contributed by atoms with van der Waals surface area (Å²) in [6.45, 7) is 0.283. The van der Waals surface area contributed by atoms with Gasteiger partial charge in [0.05, 0.1) is 15.7 Å². The van der Waals surface area contributed by atoms with Crippen molar-refractivity contribution in [1.82, 2.24) is 9.03 Å². The maximum Gasteiger partial charge on any atom is 0.306 e. The second-order valence-corrected chi connectivity index (χ2v) is 11.1. The van der Waals surface area contributed by atoms with Crippen LogP contribution >= 0.6 is 0 Å². The van der Waals surface area contributed by atoms with Gasteiger partial charge in [-0.05, 0) is 49.9 Å². The number of piperidine rings is 1. The van der Waals surface area contributed by atoms with Gasteiger partial charge in [-0.2, -0.15) is 4.31 Å². The van der Waals surface area contributed by atoms with Gasteiger partial charge < -0.3 is 5.11 Å². The van der Waals surface area contributed by atoms with Crippen molar-refractivity contribution in [3.05, 3.63) is 24.3 Å². The number of rotatable bonds is 6. The van der Waals surface area contributed by atoms with Crippen molar-refractivity contribution in [2.75, 3.05) is 13.1 Å². The molecular formula is C18H26N2O6S2. The van der Waals surface area contributed by atoms with Gasteiger partial charge in [0, 0.05) is 19.1 Å². The molecule has 2 aliphatic rings. The molecule has 1 aliphatic carbocycles. The van der Waals surface area contributed by atoms with E-state index in [0.29, 0.717) is 0 Å². The number of hydrogen-bond acceptors (Lipinski definition) is 5. The van der Waals surface area contributed by atoms with Gasteiger partial charge in [0.2, 0.25) is 20.0 Å². The molecule has 1 aliphatic heterocycles. The van der Waals surface area contributed by atoms with Gasteiger partial charge in [-0.1, -0.05) is 19.3 Å². The summed E-state index contributed by atoms with van der Waals surface area (Å²) in [7, 11) is -7.46. The van der Waals surface area contributed by atoms with Crippen LogP contribution in [0.25, 0.3) is 0 Å². The molecule has 1 aromatic rings. The quantitative estimate of drug-likeness (QED) is 0.710. The molecule has 28 heavy (non-hydrogen) atoms. The zero-order chi connectivity index (χ0) is 20.4. The number of nitrogens with zero attached hydrogens (tertiary/aromatic N) is 1. The number of carboxylic acid groups (broad SMARTS) is 1. The summed E-state index contributed by atoms with van der Waals surface area (Å²) in [5.41, 5.74) is 0. The number of nitrogens with one attached hydrogen (secondary N) is 1. The maximum absolute atomic E-state index is 12.8. The Bertz CT molecular complexity index is 898. The molecular weight excluding hydrogens is 404 g/mol. The highest BCUT2D eigenvalue weighted by Crippen LogP contribution is 2.25. The van der Waals surface area contributed by atoms with Crippen molar-refractivity contribution in [3.8, 4) is 0 Å². The Morgan fingerprint density at radius 1 is 0.893 bits per heavy atom. The van der Waals surface area contributed by atoms with E-state index >= 15 is 0 Å². The third kappa shape index (κ3) is 4.73. The fourth-order valence-electron chi connectivity index (χ4n) is 3.79. The fourth-order valence-corrected chi connectivity index (χ4v) is 6.57. The first-order chi connectivity index (χ1) is 13.2. The lowest BCUT2D eigenvalue weighted by molar-refractivity contribution is -0.142. The van der Waals surface area contributed by atoms with E-state index < -0.39 is 31.9 Å². The summed E-state index contributed by atoms with van der Waals surface area (Å²) in [4.78, 5) is 11.1. The standard InChI is InChI=1S/C18H26N2O6S2/c21-18(22)14-10-12-20(13-11-14)28(25,26)17-8-6-16(7-9-17)27(23,24)19-15-4-2-1-3-5-15/h6-9,14-15,19H,1-5,10-13H2,(H,21,22). The zero-order valence-electron chi connectivity index (χ0n) is 15.6. The van der Waals surface area contributed by atoms with Crippen LogP contribution in [-0.4, -0.2) is 51.3 Å². The van der Waals surface area contributed by atoms with Crippen LogP contribution in [0, 0.1) is 5.92 Å². The predicted octanol–water partition coefficient (Wildman–Crippen LogP) is 1.78. The van der Waals surface area contributed by atoms with Crippen LogP contribution in [0.5, 0.6) is 0 Å². The number of carboxylic acids is 1. The third-order valence-electron chi connectivity index (χ3n) is 5.50. The minimum atomic E-state index is -3.78. The molecule has 3 rings (SSSR count). The monoisotopic (exact) mass is 430 g/mol. The molecule has 1 saturated heterocycles. The molecule has 1 saturated carbocycles. The van der Waals surface area contributed by atoms with Gasteiger partial charge >= 0.3 is 5.97 Å². The number of carbonyl (C=O) groups is 1. The minimum Gasteiger partial charge on any atom is -0.481 e. The Morgan fingerprint density at radius 3 is 1.96 bits per heavy atom. The Morgan fingerprint density at radius 2 is 1.43 bits per heavy atom. The highest BCUT2D eigenvalue weighted by Gasteiger charge is 2.32. The molecule has 156 valence electrons. The molecule has 0 unspecified atom stereocenters. The van der Waals surface area contributed by atoms with Crippen LogP contribution in [0.2, 0.25) is 0 Å². The zero-order valence-corrected chi connectivity index (χ0v) is 17.2. The van der Waals surface area contributed by atoms with E-state index in [1.165, 1.54) is 28.6 Å². The molecule has 1 heterocycles. The summed E-state index contributed by atoms with van der Waals surface area (Å²) in [6, 6.07) is 5.14. The van der Waals surface area contributed by atoms with E-state index in [9.17, 15) is 21.6 Å². The topological polar surface area (TPSA) is 121 Å². The highest BCUT2D eigenvalue weighted by atomic mass is 32.2. The van der Waals surface area contributed by atoms with E-state index in [1.54, 1.807) is 0 Å². The van der Waals surface area contributed by atoms with Crippen LogP contribution in [0.3, 0.4) is 0 Å². The molecule has 0 atom stereocenters. The summed E-state index contributed by atoms with van der Waals surface area (Å²) in [5.74, 6) is -1.43. The molecule has 10 heteroatoms. The van der Waals surface area contributed by atoms with Gasteiger partial charge in [-0.3, -0.25) is 4.79 Å². The second kappa shape index (κ2) is 8.48. The molecule has 2 fully saturated rings. The smallest absolute Gasteiger partial charge is 0.306 e. The summed E-state index contributed by atoms with van der Waals surface area (Å²) >= 11 is 0. The molecule has 0 aromatic heterocycles. The van der Waals surface area contributed by atoms with Crippen molar-refractivity contribution in [3.63, 3.8) is 0 Å². The summed E-state index contributed by atoms with van der Waals surface area (Å²) < 4.78 is 54.5. The number of sulfonamides is 2. The number of aliphatic carboxylic acids is 1. The van der Waals surface area contributed by atoms with Crippen LogP contribution in [-0.2, 0) is 24.8 Å². The normalized spacial score (nSPS) is 20.9. The van der Waals surface area contributed by atoms with Gasteiger partial charge in [0.15, 0.2) is 0 Å². The molecule has 2 N–H and O–H groups in total. The average Bonchev–Trinajstić information content (AvgIpc) is 2.68. The van der Waals surface area contributed by atoms with E-state index in [-0.39, 0.29) is 41.8 Å². The Balaban J connectivity index is 1.70. The number of hydrogen-bond donors (Lipinski definition) is 2. The van der Waals surface area contributed by atoms with E-state index in [0.717, 1.165) is 32.1 Å². The van der Waals surface area contributed by atoms with Crippen molar-refractivity contribution < 1.29 is 26.7 Å². The largest absolute Gasteiger partial charge is 0.481 e. The highest BCUT2D eigenvalue weighted by molar-refractivity contribution is 7.89. The van der Waals surface area contributed by atoms with Crippen molar-refractivity contribution >= 4 is 26.0 Å². The Hall–Kier alpha value is -1.49. The number of benzene rings is 1. The second-order valence-electron chi connectivity index (χ2n) is 7.44. The Kier molecular flexibility index (Phi) is 6.43. The molecule has 8 nitrogen and oxygen atoms in total. The van der Waals surface area contributed by atoms with E-state index in [1.807, 2.05) is 0 Å². The predicted molar refractivity (Wildman–Crippen MR) is 103 cm³/mol. The molecule has 0 amide bonds. The molecule has 0 radical (unpaired) electrons. The SMILES string of the molecule is O=C(O)C1CCN(S(=O)(=O)c2ccc(S(=O)(=O)NC3CCCCC3)cc2)CC1. The molecule has 0 spiro atoms. The van der Waals surface area contributed by atoms with E-state index in [2.05, 4.69) is 4.72 Å². The first-order valence-electron chi connectivity index (χ1n) is 9.55. The van der Waals surface area contributed by atoms with Crippen LogP contribution in [0.1, 0.15) is 44.9 Å². The van der Waals surface area contributed by atoms with Crippen LogP contribution in [0.4, 0.5) is 0 Å². The van der Waals surface area contributed by atoms with Crippen molar-refractivity contribution in [2.45, 2.75) is 60.8 Å². The molecule has 1 aromatic carbocycles. The van der Waals surface area contributed by atoms with Crippen molar-refractivity contribution in [1.29, 1.82) is 0 Å². The first-order valence-corrected chi connectivity index (χ1v) is 12.5.